The molecule has 1 atom stereocenters. The predicted molar refractivity (Wildman–Crippen MR) is 46.7 cm³/mol. The Bertz CT molecular complexity index is 132. The fraction of sp³-hybridized carbons (Fsp3) is 1.00. The second kappa shape index (κ2) is 3.11. The van der Waals surface area contributed by atoms with Gasteiger partial charge in [0.1, 0.15) is 0 Å². The molecule has 0 amide bonds. The molecule has 2 heteroatoms. The van der Waals surface area contributed by atoms with E-state index in [2.05, 4.69) is 33.0 Å². The van der Waals surface area contributed by atoms with Crippen LogP contribution in [0.1, 0.15) is 27.7 Å². The van der Waals surface area contributed by atoms with Gasteiger partial charge in [0.05, 0.1) is 11.7 Å². The monoisotopic (exact) mass is 157 g/mol. The molecule has 0 radical (unpaired) electrons. The van der Waals surface area contributed by atoms with Gasteiger partial charge in [0.15, 0.2) is 0 Å². The van der Waals surface area contributed by atoms with Gasteiger partial charge in [0.25, 0.3) is 0 Å². The van der Waals surface area contributed by atoms with Gasteiger partial charge < -0.3 is 10.1 Å². The van der Waals surface area contributed by atoms with Crippen LogP contribution in [0.15, 0.2) is 0 Å². The Hall–Kier alpha value is -0.0800. The number of hydrogen-bond donors (Lipinski definition) is 1. The lowest BCUT2D eigenvalue weighted by Crippen LogP contribution is -2.52. The van der Waals surface area contributed by atoms with Gasteiger partial charge in [-0.25, -0.2) is 0 Å². The van der Waals surface area contributed by atoms with Gasteiger partial charge in [-0.05, 0) is 19.8 Å². The van der Waals surface area contributed by atoms with Crippen molar-refractivity contribution in [3.05, 3.63) is 0 Å². The predicted octanol–water partition coefficient (Wildman–Crippen LogP) is 1.41. The van der Waals surface area contributed by atoms with Gasteiger partial charge in [0, 0.05) is 13.1 Å². The Morgan fingerprint density at radius 2 is 2.09 bits per heavy atom. The van der Waals surface area contributed by atoms with Crippen LogP contribution in [0.3, 0.4) is 0 Å². The molecular formula is C9H19NO. The topological polar surface area (TPSA) is 21.3 Å². The lowest BCUT2D eigenvalue weighted by Gasteiger charge is -2.38. The highest BCUT2D eigenvalue weighted by Crippen LogP contribution is 2.19. The Labute approximate surface area is 69.3 Å². The molecule has 1 aliphatic heterocycles. The maximum atomic E-state index is 5.87. The van der Waals surface area contributed by atoms with Crippen molar-refractivity contribution in [3.8, 4) is 0 Å². The summed E-state index contributed by atoms with van der Waals surface area (Å²) in [6.07, 6.45) is 0.388. The fourth-order valence-electron chi connectivity index (χ4n) is 1.38. The number of nitrogens with one attached hydrogen (secondary N) is 1. The van der Waals surface area contributed by atoms with Crippen LogP contribution in [-0.2, 0) is 4.74 Å². The van der Waals surface area contributed by atoms with E-state index in [4.69, 9.17) is 4.74 Å². The molecule has 1 heterocycles. The van der Waals surface area contributed by atoms with Gasteiger partial charge in [-0.1, -0.05) is 13.8 Å². The average Bonchev–Trinajstić information content (AvgIpc) is 1.85. The van der Waals surface area contributed by atoms with E-state index in [0.29, 0.717) is 12.0 Å². The van der Waals surface area contributed by atoms with E-state index >= 15 is 0 Å². The summed E-state index contributed by atoms with van der Waals surface area (Å²) in [7, 11) is 0. The second-order valence-electron chi connectivity index (χ2n) is 4.29. The molecule has 0 aromatic heterocycles. The van der Waals surface area contributed by atoms with Gasteiger partial charge in [0.2, 0.25) is 0 Å². The van der Waals surface area contributed by atoms with Crippen molar-refractivity contribution in [2.24, 2.45) is 5.92 Å². The molecule has 0 aromatic carbocycles. The first-order chi connectivity index (χ1) is 5.01. The first-order valence-electron chi connectivity index (χ1n) is 4.40. The van der Waals surface area contributed by atoms with Crippen LogP contribution in [0.5, 0.6) is 0 Å². The summed E-state index contributed by atoms with van der Waals surface area (Å²) < 4.78 is 5.87. The molecule has 1 unspecified atom stereocenters. The van der Waals surface area contributed by atoms with Crippen molar-refractivity contribution in [2.75, 3.05) is 13.1 Å². The summed E-state index contributed by atoms with van der Waals surface area (Å²) >= 11 is 0. The molecule has 1 rings (SSSR count). The standard InChI is InChI=1S/C9H19NO/c1-7(2)8-5-10-6-9(3,4)11-8/h7-8,10H,5-6H2,1-4H3. The van der Waals surface area contributed by atoms with Gasteiger partial charge in [-0.3, -0.25) is 0 Å². The van der Waals surface area contributed by atoms with Crippen molar-refractivity contribution >= 4 is 0 Å². The van der Waals surface area contributed by atoms with Crippen LogP contribution in [-0.4, -0.2) is 24.8 Å². The summed E-state index contributed by atoms with van der Waals surface area (Å²) in [6, 6.07) is 0. The second-order valence-corrected chi connectivity index (χ2v) is 4.29. The van der Waals surface area contributed by atoms with Crippen molar-refractivity contribution in [3.63, 3.8) is 0 Å². The highest BCUT2D eigenvalue weighted by atomic mass is 16.5. The quantitative estimate of drug-likeness (QED) is 0.621. The first kappa shape index (κ1) is 9.01. The summed E-state index contributed by atoms with van der Waals surface area (Å²) in [5, 5.41) is 3.38. The minimum atomic E-state index is 0.0210. The van der Waals surface area contributed by atoms with Crippen LogP contribution in [0.25, 0.3) is 0 Å². The molecule has 0 saturated carbocycles. The number of hydrogen-bond acceptors (Lipinski definition) is 2. The number of morpholine rings is 1. The molecule has 1 aliphatic rings. The van der Waals surface area contributed by atoms with Gasteiger partial charge >= 0.3 is 0 Å². The molecule has 66 valence electrons. The summed E-state index contributed by atoms with van der Waals surface area (Å²) in [6.45, 7) is 10.6. The van der Waals surface area contributed by atoms with E-state index in [9.17, 15) is 0 Å². The Kier molecular flexibility index (Phi) is 2.55. The number of rotatable bonds is 1. The van der Waals surface area contributed by atoms with Crippen LogP contribution < -0.4 is 5.32 Å². The minimum Gasteiger partial charge on any atom is -0.369 e. The lowest BCUT2D eigenvalue weighted by atomic mass is 10.0. The van der Waals surface area contributed by atoms with Crippen LogP contribution in [0, 0.1) is 5.92 Å². The molecule has 1 fully saturated rings. The third kappa shape index (κ3) is 2.46. The van der Waals surface area contributed by atoms with E-state index < -0.39 is 0 Å². The molecule has 1 saturated heterocycles. The third-order valence-corrected chi connectivity index (χ3v) is 2.11. The van der Waals surface area contributed by atoms with E-state index in [0.717, 1.165) is 13.1 Å². The zero-order chi connectivity index (χ0) is 8.48. The van der Waals surface area contributed by atoms with E-state index in [1.807, 2.05) is 0 Å². The Morgan fingerprint density at radius 1 is 1.45 bits per heavy atom. The molecule has 11 heavy (non-hydrogen) atoms. The van der Waals surface area contributed by atoms with Crippen molar-refractivity contribution in [1.82, 2.24) is 5.32 Å². The van der Waals surface area contributed by atoms with Crippen molar-refractivity contribution < 1.29 is 4.74 Å². The van der Waals surface area contributed by atoms with E-state index in [1.54, 1.807) is 0 Å². The van der Waals surface area contributed by atoms with E-state index in [-0.39, 0.29) is 5.60 Å². The van der Waals surface area contributed by atoms with Gasteiger partial charge in [-0.2, -0.15) is 0 Å². The van der Waals surface area contributed by atoms with Crippen molar-refractivity contribution in [2.45, 2.75) is 39.4 Å². The zero-order valence-corrected chi connectivity index (χ0v) is 7.98. The number of ether oxygens (including phenoxy) is 1. The fourth-order valence-corrected chi connectivity index (χ4v) is 1.38. The summed E-state index contributed by atoms with van der Waals surface area (Å²) in [4.78, 5) is 0. The molecular weight excluding hydrogens is 138 g/mol. The van der Waals surface area contributed by atoms with Crippen molar-refractivity contribution in [1.29, 1.82) is 0 Å². The molecule has 1 N–H and O–H groups in total. The maximum absolute atomic E-state index is 5.87. The van der Waals surface area contributed by atoms with Crippen LogP contribution in [0.2, 0.25) is 0 Å². The molecule has 0 aliphatic carbocycles. The third-order valence-electron chi connectivity index (χ3n) is 2.11. The Balaban J connectivity index is 2.46. The molecule has 0 bridgehead atoms. The SMILES string of the molecule is CC(C)C1CNCC(C)(C)O1. The molecule has 0 spiro atoms. The summed E-state index contributed by atoms with van der Waals surface area (Å²) in [5.41, 5.74) is 0.0210. The summed E-state index contributed by atoms with van der Waals surface area (Å²) in [5.74, 6) is 0.613. The zero-order valence-electron chi connectivity index (χ0n) is 7.98. The average molecular weight is 157 g/mol. The first-order valence-corrected chi connectivity index (χ1v) is 4.40. The molecule has 0 aromatic rings. The largest absolute Gasteiger partial charge is 0.369 e. The van der Waals surface area contributed by atoms with Gasteiger partial charge in [-0.15, -0.1) is 0 Å². The maximum Gasteiger partial charge on any atom is 0.0754 e. The highest BCUT2D eigenvalue weighted by Gasteiger charge is 2.29. The normalized spacial score (nSPS) is 30.8. The highest BCUT2D eigenvalue weighted by molar-refractivity contribution is 4.82. The molecule has 2 nitrogen and oxygen atoms in total. The smallest absolute Gasteiger partial charge is 0.0754 e. The van der Waals surface area contributed by atoms with Crippen LogP contribution >= 0.6 is 0 Å². The van der Waals surface area contributed by atoms with Crippen LogP contribution in [0.4, 0.5) is 0 Å². The minimum absolute atomic E-state index is 0.0210. The lowest BCUT2D eigenvalue weighted by molar-refractivity contribution is -0.111. The van der Waals surface area contributed by atoms with E-state index in [1.165, 1.54) is 0 Å². The Morgan fingerprint density at radius 3 is 2.45 bits per heavy atom.